The molecule has 42 heavy (non-hydrogen) atoms. The minimum atomic E-state index is -1.50. The molecule has 14 heteroatoms. The Bertz CT molecular complexity index is 883. The molecule has 4 fully saturated rings. The van der Waals surface area contributed by atoms with Gasteiger partial charge in [-0.25, -0.2) is 14.0 Å². The number of amides is 1. The Labute approximate surface area is 250 Å². The highest BCUT2D eigenvalue weighted by atomic mass is 32.2. The third kappa shape index (κ3) is 9.89. The summed E-state index contributed by atoms with van der Waals surface area (Å²) in [6.45, 7) is 0.910. The fourth-order valence-electron chi connectivity index (χ4n) is 7.29. The predicted molar refractivity (Wildman–Crippen MR) is 151 cm³/mol. The summed E-state index contributed by atoms with van der Waals surface area (Å²) in [4.78, 5) is 44.5. The van der Waals surface area contributed by atoms with Gasteiger partial charge in [0.15, 0.2) is 11.1 Å². The second-order valence-electron chi connectivity index (χ2n) is 12.5. The third-order valence-corrected chi connectivity index (χ3v) is 11.1. The predicted octanol–water partition coefficient (Wildman–Crippen LogP) is 2.91. The summed E-state index contributed by atoms with van der Waals surface area (Å²) in [7, 11) is 0. The van der Waals surface area contributed by atoms with Crippen LogP contribution in [-0.4, -0.2) is 69.2 Å². The lowest BCUT2D eigenvalue weighted by Crippen LogP contribution is -2.48. The van der Waals surface area contributed by atoms with Crippen LogP contribution in [0.5, 0.6) is 0 Å². The molecule has 10 unspecified atom stereocenters. The van der Waals surface area contributed by atoms with Crippen molar-refractivity contribution in [3.63, 3.8) is 0 Å². The average molecular weight is 620 g/mol. The number of carboxylic acids is 1. The van der Waals surface area contributed by atoms with Gasteiger partial charge in [-0.2, -0.15) is 11.4 Å². The van der Waals surface area contributed by atoms with Crippen molar-refractivity contribution in [2.24, 2.45) is 29.6 Å². The normalized spacial score (nSPS) is 36.7. The molecule has 1 amide bonds. The van der Waals surface area contributed by atoms with Crippen LogP contribution in [-0.2, 0) is 44.5 Å². The fraction of sp³-hybridized carbons (Fsp3) is 0.929. The first-order valence-electron chi connectivity index (χ1n) is 15.6. The quantitative estimate of drug-likeness (QED) is 0.141. The minimum absolute atomic E-state index is 0.116. The molecule has 0 heterocycles. The van der Waals surface area contributed by atoms with E-state index in [4.69, 9.17) is 25.1 Å². The van der Waals surface area contributed by atoms with E-state index in [1.165, 1.54) is 0 Å². The maximum Gasteiger partial charge on any atom is 0.307 e. The van der Waals surface area contributed by atoms with Gasteiger partial charge in [-0.1, -0.05) is 19.3 Å². The zero-order chi connectivity index (χ0) is 29.9. The summed E-state index contributed by atoms with van der Waals surface area (Å²) in [5, 5.41) is 21.3. The number of carbonyl (C=O) groups excluding carboxylic acids is 1. The third-order valence-electron chi connectivity index (χ3n) is 9.65. The number of aliphatic carboxylic acids is 1. The van der Waals surface area contributed by atoms with Gasteiger partial charge in [-0.3, -0.25) is 19.0 Å². The second-order valence-corrected chi connectivity index (χ2v) is 13.9. The molecule has 4 aliphatic carbocycles. The molecule has 0 aromatic carbocycles. The van der Waals surface area contributed by atoms with E-state index in [-0.39, 0.29) is 35.8 Å². The van der Waals surface area contributed by atoms with Gasteiger partial charge >= 0.3 is 5.97 Å². The average Bonchev–Trinajstić information content (AvgIpc) is 2.98. The van der Waals surface area contributed by atoms with Crippen molar-refractivity contribution in [2.75, 3.05) is 13.2 Å². The molecule has 0 spiro atoms. The number of carbonyl (C=O) groups is 2. The first-order chi connectivity index (χ1) is 20.4. The standard InChI is InChI=1S/C28H49N3O10S/c29-41-39-22-11-12-25(28(33)34)26(15-22)27(32)30-20-7-4-10-24(14-20)42(36)40-23-9-3-8-21(13-23)31-37-16-18-5-1-2-6-19(18)17-38-35/h18-26,31,35H,1-17,29H2,(H,30,32)(H,33,34). The lowest BCUT2D eigenvalue weighted by molar-refractivity contribution is -0.335. The molecule has 4 saturated carbocycles. The van der Waals surface area contributed by atoms with Crippen molar-refractivity contribution in [3.8, 4) is 0 Å². The molecule has 0 bridgehead atoms. The molecule has 0 aromatic heterocycles. The van der Waals surface area contributed by atoms with Crippen LogP contribution in [0.3, 0.4) is 0 Å². The molecule has 242 valence electrons. The van der Waals surface area contributed by atoms with Crippen LogP contribution in [0.15, 0.2) is 0 Å². The van der Waals surface area contributed by atoms with Gasteiger partial charge < -0.3 is 15.3 Å². The summed E-state index contributed by atoms with van der Waals surface area (Å²) in [5.41, 5.74) is 3.20. The van der Waals surface area contributed by atoms with Gasteiger partial charge in [0.1, 0.15) is 0 Å². The van der Waals surface area contributed by atoms with E-state index >= 15 is 0 Å². The molecule has 4 rings (SSSR count). The Hall–Kier alpha value is -1.23. The second kappa shape index (κ2) is 17.3. The van der Waals surface area contributed by atoms with Crippen molar-refractivity contribution in [1.29, 1.82) is 0 Å². The lowest BCUT2D eigenvalue weighted by atomic mass is 9.77. The molecule has 10 atom stereocenters. The molecular formula is C28H49N3O10S. The van der Waals surface area contributed by atoms with E-state index in [9.17, 15) is 18.9 Å². The molecule has 0 aromatic rings. The highest BCUT2D eigenvalue weighted by molar-refractivity contribution is 7.80. The Morgan fingerprint density at radius 3 is 2.29 bits per heavy atom. The molecule has 4 aliphatic rings. The summed E-state index contributed by atoms with van der Waals surface area (Å²) in [6, 6.07) is -0.0789. The van der Waals surface area contributed by atoms with Gasteiger partial charge in [-0.15, -0.1) is 4.99 Å². The van der Waals surface area contributed by atoms with E-state index in [2.05, 4.69) is 20.7 Å². The Morgan fingerprint density at radius 1 is 0.810 bits per heavy atom. The highest BCUT2D eigenvalue weighted by Gasteiger charge is 2.41. The van der Waals surface area contributed by atoms with Gasteiger partial charge in [0, 0.05) is 12.1 Å². The van der Waals surface area contributed by atoms with Crippen molar-refractivity contribution >= 4 is 23.0 Å². The minimum Gasteiger partial charge on any atom is -0.481 e. The topological polar surface area (TPSA) is 188 Å². The zero-order valence-electron chi connectivity index (χ0n) is 24.4. The van der Waals surface area contributed by atoms with Crippen LogP contribution in [0.25, 0.3) is 0 Å². The Kier molecular flexibility index (Phi) is 13.9. The molecule has 6 N–H and O–H groups in total. The molecule has 0 radical (unpaired) electrons. The van der Waals surface area contributed by atoms with E-state index in [1.54, 1.807) is 0 Å². The van der Waals surface area contributed by atoms with E-state index < -0.39 is 35.0 Å². The number of hydroxylamine groups is 1. The van der Waals surface area contributed by atoms with Crippen LogP contribution >= 0.6 is 0 Å². The number of hydrogen-bond donors (Lipinski definition) is 5. The van der Waals surface area contributed by atoms with Crippen LogP contribution in [0.4, 0.5) is 0 Å². The maximum atomic E-state index is 13.3. The molecule has 0 saturated heterocycles. The first-order valence-corrected chi connectivity index (χ1v) is 16.8. The van der Waals surface area contributed by atoms with Crippen molar-refractivity contribution in [1.82, 2.24) is 10.8 Å². The van der Waals surface area contributed by atoms with E-state index in [0.717, 1.165) is 64.2 Å². The van der Waals surface area contributed by atoms with E-state index in [0.29, 0.717) is 50.7 Å². The molecule has 0 aliphatic heterocycles. The zero-order valence-corrected chi connectivity index (χ0v) is 25.2. The number of rotatable bonds is 14. The van der Waals surface area contributed by atoms with Crippen LogP contribution in [0, 0.1) is 23.7 Å². The lowest BCUT2D eigenvalue weighted by Gasteiger charge is -2.35. The van der Waals surface area contributed by atoms with Crippen LogP contribution < -0.4 is 16.7 Å². The van der Waals surface area contributed by atoms with Crippen LogP contribution in [0.2, 0.25) is 0 Å². The smallest absolute Gasteiger partial charge is 0.307 e. The first kappa shape index (κ1) is 33.7. The highest BCUT2D eigenvalue weighted by Crippen LogP contribution is 2.34. The largest absolute Gasteiger partial charge is 0.481 e. The summed E-state index contributed by atoms with van der Waals surface area (Å²) >= 11 is -1.50. The van der Waals surface area contributed by atoms with Crippen molar-refractivity contribution < 1.29 is 47.9 Å². The Morgan fingerprint density at radius 2 is 1.55 bits per heavy atom. The van der Waals surface area contributed by atoms with E-state index in [1.807, 2.05) is 0 Å². The molecule has 13 nitrogen and oxygen atoms in total. The van der Waals surface area contributed by atoms with Gasteiger partial charge in [0.2, 0.25) is 5.91 Å². The number of hydrogen-bond acceptors (Lipinski definition) is 11. The summed E-state index contributed by atoms with van der Waals surface area (Å²) < 4.78 is 19.3. The van der Waals surface area contributed by atoms with Gasteiger partial charge in [0.25, 0.3) is 0 Å². The Balaban J connectivity index is 1.20. The van der Waals surface area contributed by atoms with Crippen LogP contribution in [0.1, 0.15) is 96.3 Å². The van der Waals surface area contributed by atoms with Gasteiger partial charge in [-0.05, 0) is 88.9 Å². The SMILES string of the molecule is NOOC1CCC(C(=O)O)C(C(=O)NC2CCCC(S(=O)OC3CCCC(NOCC4CCCCC4COO)C3)C2)C1. The monoisotopic (exact) mass is 619 g/mol. The number of nitrogens with one attached hydrogen (secondary N) is 2. The number of nitrogens with two attached hydrogens (primary N) is 1. The molecular weight excluding hydrogens is 570 g/mol. The number of carboxylic acid groups (broad SMARTS) is 1. The van der Waals surface area contributed by atoms with Crippen molar-refractivity contribution in [3.05, 3.63) is 0 Å². The van der Waals surface area contributed by atoms with Gasteiger partial charge in [0.05, 0.1) is 42.5 Å². The summed E-state index contributed by atoms with van der Waals surface area (Å²) in [6.07, 6.45) is 11.1. The van der Waals surface area contributed by atoms with Crippen molar-refractivity contribution in [2.45, 2.75) is 126 Å². The maximum absolute atomic E-state index is 13.3. The summed E-state index contributed by atoms with van der Waals surface area (Å²) in [5.74, 6) is 2.79. The fourth-order valence-corrected chi connectivity index (χ4v) is 8.64.